The number of nitrogens with zero attached hydrogens (tertiary/aromatic N) is 1. The first kappa shape index (κ1) is 12.3. The van der Waals surface area contributed by atoms with Crippen LogP contribution in [0.15, 0.2) is 34.9 Å². The molecule has 0 saturated heterocycles. The Morgan fingerprint density at radius 3 is 3.00 bits per heavy atom. The molecule has 0 fully saturated rings. The second-order valence-electron chi connectivity index (χ2n) is 4.61. The van der Waals surface area contributed by atoms with Crippen LogP contribution >= 0.6 is 0 Å². The molecule has 102 valence electrons. The zero-order valence-corrected chi connectivity index (χ0v) is 10.9. The van der Waals surface area contributed by atoms with Crippen LogP contribution in [0.3, 0.4) is 0 Å². The minimum absolute atomic E-state index is 0.213. The maximum atomic E-state index is 12.1. The molecule has 0 saturated carbocycles. The molecule has 0 aliphatic rings. The van der Waals surface area contributed by atoms with Crippen molar-refractivity contribution in [2.45, 2.75) is 13.5 Å². The molecule has 1 amide bonds. The minimum atomic E-state index is -0.213. The summed E-state index contributed by atoms with van der Waals surface area (Å²) < 4.78 is 5.03. The van der Waals surface area contributed by atoms with Crippen molar-refractivity contribution < 1.29 is 9.32 Å². The van der Waals surface area contributed by atoms with Crippen LogP contribution in [0, 0.1) is 6.92 Å². The molecule has 20 heavy (non-hydrogen) atoms. The fourth-order valence-corrected chi connectivity index (χ4v) is 2.06. The molecule has 0 aliphatic heterocycles. The number of para-hydroxylation sites is 1. The van der Waals surface area contributed by atoms with Crippen molar-refractivity contribution in [3.63, 3.8) is 0 Å². The Kier molecular flexibility index (Phi) is 2.90. The van der Waals surface area contributed by atoms with Gasteiger partial charge in [0.15, 0.2) is 5.76 Å². The van der Waals surface area contributed by atoms with Crippen LogP contribution in [0.4, 0.5) is 5.69 Å². The normalized spacial score (nSPS) is 10.8. The number of aryl methyl sites for hydroxylation is 1. The fourth-order valence-electron chi connectivity index (χ4n) is 2.06. The summed E-state index contributed by atoms with van der Waals surface area (Å²) in [6.07, 6.45) is 0. The van der Waals surface area contributed by atoms with Crippen LogP contribution in [0.2, 0.25) is 0 Å². The Morgan fingerprint density at radius 2 is 2.30 bits per heavy atom. The molecular weight excluding hydrogens is 256 g/mol. The highest BCUT2D eigenvalue weighted by molar-refractivity contribution is 6.00. The smallest absolute Gasteiger partial charge is 0.268 e. The SMILES string of the molecule is Cc1cc(CNC(=O)c2cc3cccc(N)c3[nH]2)on1. The summed E-state index contributed by atoms with van der Waals surface area (Å²) in [5, 5.41) is 7.44. The molecule has 1 aromatic carbocycles. The van der Waals surface area contributed by atoms with E-state index in [0.717, 1.165) is 16.6 Å². The largest absolute Gasteiger partial charge is 0.397 e. The molecule has 6 heteroatoms. The van der Waals surface area contributed by atoms with Gasteiger partial charge >= 0.3 is 0 Å². The zero-order chi connectivity index (χ0) is 14.1. The third kappa shape index (κ3) is 2.23. The van der Waals surface area contributed by atoms with Gasteiger partial charge in [0.2, 0.25) is 0 Å². The number of nitrogens with two attached hydrogens (primary N) is 1. The van der Waals surface area contributed by atoms with Crippen LogP contribution in [-0.4, -0.2) is 16.0 Å². The number of hydrogen-bond donors (Lipinski definition) is 3. The van der Waals surface area contributed by atoms with Gasteiger partial charge in [0.25, 0.3) is 5.91 Å². The molecule has 0 radical (unpaired) electrons. The number of rotatable bonds is 3. The van der Waals surface area contributed by atoms with Crippen LogP contribution in [0.5, 0.6) is 0 Å². The molecule has 4 N–H and O–H groups in total. The quantitative estimate of drug-likeness (QED) is 0.634. The molecule has 3 aromatic rings. The first-order valence-corrected chi connectivity index (χ1v) is 6.21. The number of H-pyrrole nitrogens is 1. The molecule has 0 bridgehead atoms. The van der Waals surface area contributed by atoms with Crippen LogP contribution in [0.1, 0.15) is 21.9 Å². The van der Waals surface area contributed by atoms with Gasteiger partial charge in [-0.1, -0.05) is 17.3 Å². The second-order valence-corrected chi connectivity index (χ2v) is 4.61. The Bertz CT molecular complexity index is 772. The van der Waals surface area contributed by atoms with Gasteiger partial charge in [0, 0.05) is 11.5 Å². The number of carbonyl (C=O) groups excluding carboxylic acids is 1. The minimum Gasteiger partial charge on any atom is -0.397 e. The van der Waals surface area contributed by atoms with E-state index in [2.05, 4.69) is 15.5 Å². The maximum absolute atomic E-state index is 12.1. The van der Waals surface area contributed by atoms with Gasteiger partial charge in [-0.3, -0.25) is 4.79 Å². The molecule has 0 unspecified atom stereocenters. The monoisotopic (exact) mass is 270 g/mol. The predicted molar refractivity (Wildman–Crippen MR) is 75.1 cm³/mol. The summed E-state index contributed by atoms with van der Waals surface area (Å²) in [7, 11) is 0. The van der Waals surface area contributed by atoms with Gasteiger partial charge in [0.05, 0.1) is 23.4 Å². The number of amides is 1. The van der Waals surface area contributed by atoms with E-state index in [4.69, 9.17) is 10.3 Å². The lowest BCUT2D eigenvalue weighted by molar-refractivity contribution is 0.0943. The Labute approximate surface area is 114 Å². The summed E-state index contributed by atoms with van der Waals surface area (Å²) in [5.74, 6) is 0.404. The summed E-state index contributed by atoms with van der Waals surface area (Å²) in [5.41, 5.74) is 8.49. The maximum Gasteiger partial charge on any atom is 0.268 e. The van der Waals surface area contributed by atoms with Gasteiger partial charge in [0.1, 0.15) is 5.69 Å². The average Bonchev–Trinajstić information content (AvgIpc) is 3.03. The lowest BCUT2D eigenvalue weighted by Gasteiger charge is -1.99. The molecule has 0 atom stereocenters. The lowest BCUT2D eigenvalue weighted by atomic mass is 10.2. The predicted octanol–water partition coefficient (Wildman–Crippen LogP) is 1.98. The van der Waals surface area contributed by atoms with E-state index in [9.17, 15) is 4.79 Å². The van der Waals surface area contributed by atoms with Crippen molar-refractivity contribution in [1.82, 2.24) is 15.5 Å². The third-order valence-electron chi connectivity index (χ3n) is 3.03. The number of benzene rings is 1. The van der Waals surface area contributed by atoms with Crippen LogP contribution in [0.25, 0.3) is 10.9 Å². The first-order valence-electron chi connectivity index (χ1n) is 6.21. The van der Waals surface area contributed by atoms with Crippen molar-refractivity contribution in [2.24, 2.45) is 0 Å². The number of aromatic amines is 1. The number of aromatic nitrogens is 2. The van der Waals surface area contributed by atoms with Crippen molar-refractivity contribution >= 4 is 22.5 Å². The third-order valence-corrected chi connectivity index (χ3v) is 3.03. The average molecular weight is 270 g/mol. The number of fused-ring (bicyclic) bond motifs is 1. The Hall–Kier alpha value is -2.76. The molecule has 3 rings (SSSR count). The Morgan fingerprint density at radius 1 is 1.45 bits per heavy atom. The van der Waals surface area contributed by atoms with E-state index < -0.39 is 0 Å². The number of nitrogens with one attached hydrogen (secondary N) is 2. The van der Waals surface area contributed by atoms with Gasteiger partial charge < -0.3 is 20.6 Å². The number of anilines is 1. The molecule has 0 aliphatic carbocycles. The van der Waals surface area contributed by atoms with Crippen molar-refractivity contribution in [3.05, 3.63) is 47.5 Å². The van der Waals surface area contributed by atoms with E-state index in [1.165, 1.54) is 0 Å². The van der Waals surface area contributed by atoms with Crippen LogP contribution < -0.4 is 11.1 Å². The number of nitrogen functional groups attached to an aromatic ring is 1. The standard InChI is InChI=1S/C14H14N4O2/c1-8-5-10(20-18-8)7-16-14(19)12-6-9-3-2-4-11(15)13(9)17-12/h2-6,17H,7,15H2,1H3,(H,16,19). The second kappa shape index (κ2) is 4.73. The lowest BCUT2D eigenvalue weighted by Crippen LogP contribution is -2.22. The van der Waals surface area contributed by atoms with E-state index in [0.29, 0.717) is 23.7 Å². The zero-order valence-electron chi connectivity index (χ0n) is 10.9. The van der Waals surface area contributed by atoms with Gasteiger partial charge in [-0.05, 0) is 19.1 Å². The summed E-state index contributed by atoms with van der Waals surface area (Å²) >= 11 is 0. The van der Waals surface area contributed by atoms with Gasteiger partial charge in [-0.15, -0.1) is 0 Å². The molecular formula is C14H14N4O2. The molecule has 6 nitrogen and oxygen atoms in total. The highest BCUT2D eigenvalue weighted by Crippen LogP contribution is 2.21. The van der Waals surface area contributed by atoms with Crippen molar-refractivity contribution in [1.29, 1.82) is 0 Å². The number of carbonyl (C=O) groups is 1. The van der Waals surface area contributed by atoms with Crippen molar-refractivity contribution in [2.75, 3.05) is 5.73 Å². The summed E-state index contributed by atoms with van der Waals surface area (Å²) in [6.45, 7) is 2.12. The highest BCUT2D eigenvalue weighted by Gasteiger charge is 2.11. The van der Waals surface area contributed by atoms with Crippen LogP contribution in [-0.2, 0) is 6.54 Å². The Balaban J connectivity index is 1.77. The summed E-state index contributed by atoms with van der Waals surface area (Å²) in [6, 6.07) is 9.09. The van der Waals surface area contributed by atoms with E-state index in [-0.39, 0.29) is 5.91 Å². The summed E-state index contributed by atoms with van der Waals surface area (Å²) in [4.78, 5) is 15.1. The van der Waals surface area contributed by atoms with E-state index in [1.807, 2.05) is 19.1 Å². The highest BCUT2D eigenvalue weighted by atomic mass is 16.5. The molecule has 2 aromatic heterocycles. The topological polar surface area (TPSA) is 96.9 Å². The molecule has 2 heterocycles. The van der Waals surface area contributed by atoms with E-state index >= 15 is 0 Å². The molecule has 0 spiro atoms. The van der Waals surface area contributed by atoms with Gasteiger partial charge in [-0.2, -0.15) is 0 Å². The number of hydrogen-bond acceptors (Lipinski definition) is 4. The first-order chi connectivity index (χ1) is 9.63. The van der Waals surface area contributed by atoms with E-state index in [1.54, 1.807) is 18.2 Å². The van der Waals surface area contributed by atoms with Crippen molar-refractivity contribution in [3.8, 4) is 0 Å². The van der Waals surface area contributed by atoms with Gasteiger partial charge in [-0.25, -0.2) is 0 Å². The fraction of sp³-hybridized carbons (Fsp3) is 0.143.